The van der Waals surface area contributed by atoms with Gasteiger partial charge in [-0.25, -0.2) is 0 Å². The van der Waals surface area contributed by atoms with Gasteiger partial charge < -0.3 is 14.4 Å². The van der Waals surface area contributed by atoms with Crippen molar-refractivity contribution in [3.8, 4) is 0 Å². The van der Waals surface area contributed by atoms with E-state index in [1.807, 2.05) is 0 Å². The number of benzene rings is 1. The average molecular weight is 347 g/mol. The number of carbonyl (C=O) groups is 2. The molecular weight excluding hydrogens is 318 g/mol. The van der Waals surface area contributed by atoms with Gasteiger partial charge in [-0.3, -0.25) is 9.59 Å². The Kier molecular flexibility index (Phi) is 5.76. The Hall–Kier alpha value is -2.04. The molecule has 1 heterocycles. The molecule has 1 aromatic rings. The molecule has 5 nitrogen and oxygen atoms in total. The van der Waals surface area contributed by atoms with Crippen LogP contribution in [0.2, 0.25) is 0 Å². The number of hydrogen-bond donors (Lipinski definition) is 0. The third-order valence-electron chi connectivity index (χ3n) is 4.73. The lowest BCUT2D eigenvalue weighted by Crippen LogP contribution is -2.49. The van der Waals surface area contributed by atoms with Gasteiger partial charge in [0.05, 0.1) is 0 Å². The summed E-state index contributed by atoms with van der Waals surface area (Å²) in [6.45, 7) is 12.1. The molecule has 138 valence electrons. The zero-order chi connectivity index (χ0) is 18.8. The Morgan fingerprint density at radius 3 is 2.40 bits per heavy atom. The number of anilines is 1. The molecule has 2 rings (SSSR count). The summed E-state index contributed by atoms with van der Waals surface area (Å²) in [5, 5.41) is 0. The second kappa shape index (κ2) is 7.46. The highest BCUT2D eigenvalue weighted by atomic mass is 16.7. The molecule has 1 aliphatic rings. The number of rotatable bonds is 5. The topological polar surface area (TPSA) is 55.8 Å². The number of fused-ring (bicyclic) bond motifs is 1. The SMILES string of the molecule is CC(=O)OC(CCN1c2cc(C)ccc2C(C)CC1(C)C)OC(C)=O. The second-order valence-corrected chi connectivity index (χ2v) is 7.57. The lowest BCUT2D eigenvalue weighted by Gasteiger charge is -2.48. The van der Waals surface area contributed by atoms with Gasteiger partial charge in [-0.1, -0.05) is 19.1 Å². The van der Waals surface area contributed by atoms with Crippen LogP contribution in [0.5, 0.6) is 0 Å². The molecule has 0 saturated heterocycles. The summed E-state index contributed by atoms with van der Waals surface area (Å²) in [7, 11) is 0. The maximum atomic E-state index is 11.3. The first-order valence-electron chi connectivity index (χ1n) is 8.83. The summed E-state index contributed by atoms with van der Waals surface area (Å²) in [6.07, 6.45) is 0.623. The van der Waals surface area contributed by atoms with E-state index >= 15 is 0 Å². The summed E-state index contributed by atoms with van der Waals surface area (Å²) in [6, 6.07) is 6.55. The summed E-state index contributed by atoms with van der Waals surface area (Å²) >= 11 is 0. The average Bonchev–Trinajstić information content (AvgIpc) is 2.44. The minimum atomic E-state index is -0.849. The van der Waals surface area contributed by atoms with Gasteiger partial charge in [0.15, 0.2) is 0 Å². The van der Waals surface area contributed by atoms with E-state index in [1.165, 1.54) is 30.7 Å². The van der Waals surface area contributed by atoms with Crippen LogP contribution in [0.1, 0.15) is 64.5 Å². The van der Waals surface area contributed by atoms with Crippen LogP contribution < -0.4 is 4.90 Å². The highest BCUT2D eigenvalue weighted by Crippen LogP contribution is 2.43. The zero-order valence-corrected chi connectivity index (χ0v) is 16.1. The van der Waals surface area contributed by atoms with Crippen LogP contribution in [0.4, 0.5) is 5.69 Å². The molecule has 1 aliphatic heterocycles. The lowest BCUT2D eigenvalue weighted by atomic mass is 9.79. The molecule has 0 bridgehead atoms. The van der Waals surface area contributed by atoms with Crippen molar-refractivity contribution in [2.45, 2.75) is 72.1 Å². The van der Waals surface area contributed by atoms with E-state index in [9.17, 15) is 9.59 Å². The van der Waals surface area contributed by atoms with Crippen molar-refractivity contribution in [1.82, 2.24) is 0 Å². The normalized spacial score (nSPS) is 18.7. The number of carbonyl (C=O) groups excluding carboxylic acids is 2. The van der Waals surface area contributed by atoms with Crippen molar-refractivity contribution in [2.24, 2.45) is 0 Å². The molecule has 0 aromatic heterocycles. The van der Waals surface area contributed by atoms with Crippen molar-refractivity contribution in [1.29, 1.82) is 0 Å². The van der Waals surface area contributed by atoms with Gasteiger partial charge in [0, 0.05) is 38.0 Å². The first kappa shape index (κ1) is 19.3. The third-order valence-corrected chi connectivity index (χ3v) is 4.73. The fraction of sp³-hybridized carbons (Fsp3) is 0.600. The van der Waals surface area contributed by atoms with Crippen molar-refractivity contribution in [3.63, 3.8) is 0 Å². The molecule has 1 atom stereocenters. The molecular formula is C20H29NO4. The number of aryl methyl sites for hydroxylation is 1. The highest BCUT2D eigenvalue weighted by Gasteiger charge is 2.36. The predicted octanol–water partition coefficient (Wildman–Crippen LogP) is 3.93. The summed E-state index contributed by atoms with van der Waals surface area (Å²) in [5.74, 6) is -0.414. The fourth-order valence-electron chi connectivity index (χ4n) is 3.77. The fourth-order valence-corrected chi connectivity index (χ4v) is 3.77. The van der Waals surface area contributed by atoms with Gasteiger partial charge >= 0.3 is 11.9 Å². The van der Waals surface area contributed by atoms with Crippen molar-refractivity contribution >= 4 is 17.6 Å². The molecule has 0 amide bonds. The standard InChI is InChI=1S/C20H29NO4/c1-13-7-8-17-14(2)12-20(5,6)21(18(17)11-13)10-9-19(24-15(3)22)25-16(4)23/h7-8,11,14,19H,9-10,12H2,1-6H3. The van der Waals surface area contributed by atoms with Gasteiger partial charge in [0.2, 0.25) is 6.29 Å². The van der Waals surface area contributed by atoms with Crippen LogP contribution in [0.3, 0.4) is 0 Å². The van der Waals surface area contributed by atoms with E-state index in [0.717, 1.165) is 6.42 Å². The van der Waals surface area contributed by atoms with Gasteiger partial charge in [-0.05, 0) is 50.3 Å². The van der Waals surface area contributed by atoms with E-state index < -0.39 is 18.2 Å². The Bertz CT molecular complexity index is 637. The molecule has 0 fully saturated rings. The van der Waals surface area contributed by atoms with Crippen LogP contribution in [0.25, 0.3) is 0 Å². The van der Waals surface area contributed by atoms with Gasteiger partial charge in [-0.2, -0.15) is 0 Å². The first-order valence-corrected chi connectivity index (χ1v) is 8.83. The monoisotopic (exact) mass is 347 g/mol. The highest BCUT2D eigenvalue weighted by molar-refractivity contribution is 5.68. The second-order valence-electron chi connectivity index (χ2n) is 7.57. The molecule has 25 heavy (non-hydrogen) atoms. The lowest BCUT2D eigenvalue weighted by molar-refractivity contribution is -0.185. The molecule has 0 saturated carbocycles. The van der Waals surface area contributed by atoms with Gasteiger partial charge in [-0.15, -0.1) is 0 Å². The predicted molar refractivity (Wildman–Crippen MR) is 97.6 cm³/mol. The van der Waals surface area contributed by atoms with E-state index in [-0.39, 0.29) is 5.54 Å². The smallest absolute Gasteiger partial charge is 0.305 e. The minimum Gasteiger partial charge on any atom is -0.425 e. The number of esters is 2. The van der Waals surface area contributed by atoms with Gasteiger partial charge in [0.25, 0.3) is 0 Å². The maximum Gasteiger partial charge on any atom is 0.305 e. The number of hydrogen-bond acceptors (Lipinski definition) is 5. The van der Waals surface area contributed by atoms with Crippen LogP contribution in [0.15, 0.2) is 18.2 Å². The van der Waals surface area contributed by atoms with E-state index in [0.29, 0.717) is 18.9 Å². The Labute approximate surface area is 150 Å². The molecule has 5 heteroatoms. The zero-order valence-electron chi connectivity index (χ0n) is 16.1. The summed E-state index contributed by atoms with van der Waals surface area (Å²) < 4.78 is 10.3. The molecule has 1 unspecified atom stereocenters. The molecule has 0 radical (unpaired) electrons. The molecule has 1 aromatic carbocycles. The van der Waals surface area contributed by atoms with Crippen LogP contribution >= 0.6 is 0 Å². The first-order chi connectivity index (χ1) is 11.6. The van der Waals surface area contributed by atoms with Gasteiger partial charge in [0.1, 0.15) is 0 Å². The Morgan fingerprint density at radius 1 is 1.24 bits per heavy atom. The number of nitrogens with zero attached hydrogens (tertiary/aromatic N) is 1. The minimum absolute atomic E-state index is 0.0305. The molecule has 0 spiro atoms. The van der Waals surface area contributed by atoms with E-state index in [1.54, 1.807) is 0 Å². The summed E-state index contributed by atoms with van der Waals surface area (Å²) in [4.78, 5) is 24.9. The Morgan fingerprint density at radius 2 is 1.84 bits per heavy atom. The quantitative estimate of drug-likeness (QED) is 0.597. The maximum absolute atomic E-state index is 11.3. The van der Waals surface area contributed by atoms with Crippen molar-refractivity contribution < 1.29 is 19.1 Å². The van der Waals surface area contributed by atoms with E-state index in [2.05, 4.69) is 50.8 Å². The van der Waals surface area contributed by atoms with E-state index in [4.69, 9.17) is 9.47 Å². The Balaban J connectivity index is 2.24. The number of ether oxygens (including phenoxy) is 2. The molecule has 0 N–H and O–H groups in total. The van der Waals surface area contributed by atoms with Crippen LogP contribution in [0, 0.1) is 6.92 Å². The van der Waals surface area contributed by atoms with Crippen LogP contribution in [-0.4, -0.2) is 30.3 Å². The third kappa shape index (κ3) is 4.74. The van der Waals surface area contributed by atoms with Crippen molar-refractivity contribution in [3.05, 3.63) is 29.3 Å². The largest absolute Gasteiger partial charge is 0.425 e. The molecule has 0 aliphatic carbocycles. The van der Waals surface area contributed by atoms with Crippen molar-refractivity contribution in [2.75, 3.05) is 11.4 Å². The summed E-state index contributed by atoms with van der Waals surface area (Å²) in [5.41, 5.74) is 3.73. The van der Waals surface area contributed by atoms with Crippen LogP contribution in [-0.2, 0) is 19.1 Å².